The first kappa shape index (κ1) is 13.3. The van der Waals surface area contributed by atoms with Gasteiger partial charge in [0.15, 0.2) is 5.17 Å². The molecule has 0 radical (unpaired) electrons. The van der Waals surface area contributed by atoms with E-state index in [1.165, 1.54) is 37.3 Å². The fraction of sp³-hybridized carbons (Fsp3) is 0.929. The van der Waals surface area contributed by atoms with Crippen LogP contribution in [0.2, 0.25) is 0 Å². The van der Waals surface area contributed by atoms with Crippen molar-refractivity contribution in [3.05, 3.63) is 0 Å². The Morgan fingerprint density at radius 3 is 2.71 bits per heavy atom. The Labute approximate surface area is 110 Å². The summed E-state index contributed by atoms with van der Waals surface area (Å²) in [5, 5.41) is 5.61. The minimum atomic E-state index is 0.662. The fourth-order valence-electron chi connectivity index (χ4n) is 2.68. The first-order valence-corrected chi connectivity index (χ1v) is 8.02. The van der Waals surface area contributed by atoms with E-state index in [9.17, 15) is 0 Å². The Kier molecular flexibility index (Phi) is 4.78. The van der Waals surface area contributed by atoms with Gasteiger partial charge < -0.3 is 5.32 Å². The summed E-state index contributed by atoms with van der Waals surface area (Å²) >= 11 is 1.96. The molecule has 2 aliphatic rings. The van der Waals surface area contributed by atoms with Crippen molar-refractivity contribution in [2.24, 2.45) is 16.8 Å². The van der Waals surface area contributed by atoms with Crippen LogP contribution < -0.4 is 5.32 Å². The van der Waals surface area contributed by atoms with Crippen molar-refractivity contribution in [1.29, 1.82) is 0 Å². The van der Waals surface area contributed by atoms with E-state index in [4.69, 9.17) is 0 Å². The summed E-state index contributed by atoms with van der Waals surface area (Å²) in [4.78, 5) is 4.67. The molecule has 2 nitrogen and oxygen atoms in total. The molecular weight excluding hydrogens is 228 g/mol. The van der Waals surface area contributed by atoms with Gasteiger partial charge in [-0.25, -0.2) is 0 Å². The minimum Gasteiger partial charge on any atom is -0.362 e. The highest BCUT2D eigenvalue weighted by Crippen LogP contribution is 2.28. The summed E-state index contributed by atoms with van der Waals surface area (Å²) in [5.74, 6) is 1.54. The third kappa shape index (κ3) is 3.64. The van der Waals surface area contributed by atoms with Crippen molar-refractivity contribution in [2.45, 2.75) is 64.2 Å². The topological polar surface area (TPSA) is 24.4 Å². The van der Waals surface area contributed by atoms with Crippen LogP contribution in [0, 0.1) is 11.8 Å². The van der Waals surface area contributed by atoms with E-state index in [0.29, 0.717) is 11.3 Å². The number of amidine groups is 1. The lowest BCUT2D eigenvalue weighted by Gasteiger charge is -2.24. The number of aliphatic imine (C=N–C) groups is 1. The van der Waals surface area contributed by atoms with Crippen molar-refractivity contribution in [2.75, 3.05) is 6.54 Å². The van der Waals surface area contributed by atoms with Gasteiger partial charge in [0.1, 0.15) is 0 Å². The second-order valence-corrected chi connectivity index (χ2v) is 7.14. The van der Waals surface area contributed by atoms with Gasteiger partial charge in [0.25, 0.3) is 0 Å². The highest BCUT2D eigenvalue weighted by molar-refractivity contribution is 8.14. The zero-order valence-electron chi connectivity index (χ0n) is 11.4. The molecule has 1 aliphatic carbocycles. The Morgan fingerprint density at radius 2 is 2.00 bits per heavy atom. The van der Waals surface area contributed by atoms with Crippen molar-refractivity contribution in [3.8, 4) is 0 Å². The van der Waals surface area contributed by atoms with Gasteiger partial charge in [-0.2, -0.15) is 0 Å². The smallest absolute Gasteiger partial charge is 0.157 e. The normalized spacial score (nSPS) is 34.6. The molecule has 0 saturated heterocycles. The van der Waals surface area contributed by atoms with Gasteiger partial charge in [0, 0.05) is 11.3 Å². The molecule has 0 amide bonds. The highest BCUT2D eigenvalue weighted by atomic mass is 32.2. The number of nitrogens with zero attached hydrogens (tertiary/aromatic N) is 1. The van der Waals surface area contributed by atoms with E-state index in [0.717, 1.165) is 18.4 Å². The average Bonchev–Trinajstić information content (AvgIpc) is 2.66. The maximum atomic E-state index is 4.67. The second kappa shape index (κ2) is 6.12. The summed E-state index contributed by atoms with van der Waals surface area (Å²) in [6, 6.07) is 0.662. The molecular formula is C14H26N2S. The molecule has 3 atom stereocenters. The SMILES string of the molecule is CC(C)C1CN=C(NC2CCCCCC2C)S1. The standard InChI is InChI=1S/C14H26N2S/c1-10(2)13-9-15-14(17-13)16-12-8-6-4-5-7-11(12)3/h10-13H,4-9H2,1-3H3,(H,15,16). The molecule has 0 spiro atoms. The summed E-state index contributed by atoms with van der Waals surface area (Å²) < 4.78 is 0. The molecule has 1 saturated carbocycles. The Balaban J connectivity index is 1.84. The maximum Gasteiger partial charge on any atom is 0.157 e. The molecule has 1 aliphatic heterocycles. The first-order valence-electron chi connectivity index (χ1n) is 7.14. The van der Waals surface area contributed by atoms with Crippen molar-refractivity contribution in [1.82, 2.24) is 5.32 Å². The monoisotopic (exact) mass is 254 g/mol. The van der Waals surface area contributed by atoms with Crippen molar-refractivity contribution in [3.63, 3.8) is 0 Å². The van der Waals surface area contributed by atoms with Crippen LogP contribution in [-0.4, -0.2) is 23.0 Å². The summed E-state index contributed by atoms with van der Waals surface area (Å²) in [6.07, 6.45) is 6.91. The predicted molar refractivity (Wildman–Crippen MR) is 77.7 cm³/mol. The minimum absolute atomic E-state index is 0.662. The molecule has 17 heavy (non-hydrogen) atoms. The zero-order chi connectivity index (χ0) is 12.3. The van der Waals surface area contributed by atoms with Crippen LogP contribution in [0.25, 0.3) is 0 Å². The van der Waals surface area contributed by atoms with Gasteiger partial charge in [-0.3, -0.25) is 4.99 Å². The van der Waals surface area contributed by atoms with Crippen LogP contribution in [0.1, 0.15) is 52.9 Å². The van der Waals surface area contributed by atoms with Crippen LogP contribution in [0.4, 0.5) is 0 Å². The number of hydrogen-bond acceptors (Lipinski definition) is 3. The van der Waals surface area contributed by atoms with Crippen LogP contribution in [0.15, 0.2) is 4.99 Å². The fourth-order valence-corrected chi connectivity index (χ4v) is 3.76. The number of thioether (sulfide) groups is 1. The number of hydrogen-bond donors (Lipinski definition) is 1. The van der Waals surface area contributed by atoms with E-state index in [1.807, 2.05) is 11.8 Å². The molecule has 0 aromatic rings. The van der Waals surface area contributed by atoms with Gasteiger partial charge in [0.05, 0.1) is 6.54 Å². The molecule has 3 unspecified atom stereocenters. The van der Waals surface area contributed by atoms with Gasteiger partial charge in [0.2, 0.25) is 0 Å². The molecule has 1 N–H and O–H groups in total. The lowest BCUT2D eigenvalue weighted by atomic mass is 9.97. The maximum absolute atomic E-state index is 4.67. The van der Waals surface area contributed by atoms with E-state index < -0.39 is 0 Å². The second-order valence-electron chi connectivity index (χ2n) is 5.91. The van der Waals surface area contributed by atoms with Crippen LogP contribution in [0.3, 0.4) is 0 Å². The van der Waals surface area contributed by atoms with E-state index >= 15 is 0 Å². The number of rotatable bonds is 2. The summed E-state index contributed by atoms with van der Waals surface area (Å²) in [5.41, 5.74) is 0. The molecule has 98 valence electrons. The van der Waals surface area contributed by atoms with E-state index in [-0.39, 0.29) is 0 Å². The third-order valence-electron chi connectivity index (χ3n) is 4.09. The van der Waals surface area contributed by atoms with E-state index in [1.54, 1.807) is 0 Å². The van der Waals surface area contributed by atoms with Gasteiger partial charge in [-0.15, -0.1) is 0 Å². The summed E-state index contributed by atoms with van der Waals surface area (Å²) in [6.45, 7) is 7.99. The lowest BCUT2D eigenvalue weighted by Crippen LogP contribution is -2.37. The third-order valence-corrected chi connectivity index (χ3v) is 5.56. The average molecular weight is 254 g/mol. The Hall–Kier alpha value is -0.180. The molecule has 0 aromatic carbocycles. The lowest BCUT2D eigenvalue weighted by molar-refractivity contribution is 0.402. The number of nitrogens with one attached hydrogen (secondary N) is 1. The van der Waals surface area contributed by atoms with Gasteiger partial charge in [-0.1, -0.05) is 51.8 Å². The molecule has 0 aromatic heterocycles. The van der Waals surface area contributed by atoms with Crippen molar-refractivity contribution < 1.29 is 0 Å². The van der Waals surface area contributed by atoms with Crippen LogP contribution in [0.5, 0.6) is 0 Å². The molecule has 2 rings (SSSR count). The zero-order valence-corrected chi connectivity index (χ0v) is 12.2. The predicted octanol–water partition coefficient (Wildman–Crippen LogP) is 3.67. The van der Waals surface area contributed by atoms with Crippen LogP contribution in [-0.2, 0) is 0 Å². The Morgan fingerprint density at radius 1 is 1.24 bits per heavy atom. The van der Waals surface area contributed by atoms with E-state index in [2.05, 4.69) is 31.1 Å². The summed E-state index contributed by atoms with van der Waals surface area (Å²) in [7, 11) is 0. The quantitative estimate of drug-likeness (QED) is 0.760. The largest absolute Gasteiger partial charge is 0.362 e. The highest BCUT2D eigenvalue weighted by Gasteiger charge is 2.26. The van der Waals surface area contributed by atoms with Crippen molar-refractivity contribution >= 4 is 16.9 Å². The van der Waals surface area contributed by atoms with Gasteiger partial charge >= 0.3 is 0 Å². The first-order chi connectivity index (χ1) is 8.16. The van der Waals surface area contributed by atoms with Crippen LogP contribution >= 0.6 is 11.8 Å². The molecule has 0 bridgehead atoms. The van der Waals surface area contributed by atoms with Gasteiger partial charge in [-0.05, 0) is 24.7 Å². The Bertz CT molecular complexity index is 275. The molecule has 3 heteroatoms. The molecule has 1 fully saturated rings. The molecule has 1 heterocycles.